The van der Waals surface area contributed by atoms with E-state index in [1.54, 1.807) is 0 Å². The average Bonchev–Trinajstić information content (AvgIpc) is 2.41. The predicted octanol–water partition coefficient (Wildman–Crippen LogP) is 0.722. The van der Waals surface area contributed by atoms with Crippen LogP contribution in [0.3, 0.4) is 0 Å². The van der Waals surface area contributed by atoms with Gasteiger partial charge in [-0.15, -0.1) is 12.4 Å². The van der Waals surface area contributed by atoms with Crippen molar-refractivity contribution in [3.05, 3.63) is 30.3 Å². The fourth-order valence-electron chi connectivity index (χ4n) is 1.83. The maximum absolute atomic E-state index is 12.0. The van der Waals surface area contributed by atoms with Crippen molar-refractivity contribution in [3.8, 4) is 5.75 Å². The van der Waals surface area contributed by atoms with E-state index < -0.39 is 10.0 Å². The second-order valence-electron chi connectivity index (χ2n) is 4.13. The molecule has 1 N–H and O–H groups in total. The van der Waals surface area contributed by atoms with Crippen LogP contribution in [-0.4, -0.2) is 51.3 Å². The minimum atomic E-state index is -3.19. The van der Waals surface area contributed by atoms with Gasteiger partial charge in [-0.1, -0.05) is 18.2 Å². The number of piperazine rings is 1. The van der Waals surface area contributed by atoms with E-state index in [-0.39, 0.29) is 24.8 Å². The van der Waals surface area contributed by atoms with Gasteiger partial charge >= 0.3 is 0 Å². The number of hydrogen-bond donors (Lipinski definition) is 1. The van der Waals surface area contributed by atoms with Crippen molar-refractivity contribution < 1.29 is 13.2 Å². The molecule has 1 saturated heterocycles. The highest BCUT2D eigenvalue weighted by Crippen LogP contribution is 2.09. The van der Waals surface area contributed by atoms with Gasteiger partial charge in [-0.2, -0.15) is 4.31 Å². The number of nitrogens with one attached hydrogen (secondary N) is 1. The molecule has 1 heterocycles. The summed E-state index contributed by atoms with van der Waals surface area (Å²) in [6.07, 6.45) is 0. The van der Waals surface area contributed by atoms with Gasteiger partial charge in [0.2, 0.25) is 10.0 Å². The molecule has 1 fully saturated rings. The fourth-order valence-corrected chi connectivity index (χ4v) is 3.12. The summed E-state index contributed by atoms with van der Waals surface area (Å²) in [4.78, 5) is 0. The lowest BCUT2D eigenvalue weighted by Crippen LogP contribution is -2.47. The number of rotatable bonds is 5. The molecule has 5 nitrogen and oxygen atoms in total. The molecule has 2 rings (SSSR count). The van der Waals surface area contributed by atoms with E-state index in [1.807, 2.05) is 30.3 Å². The molecule has 0 radical (unpaired) electrons. The number of para-hydroxylation sites is 1. The van der Waals surface area contributed by atoms with Crippen molar-refractivity contribution in [1.29, 1.82) is 0 Å². The topological polar surface area (TPSA) is 58.6 Å². The van der Waals surface area contributed by atoms with Crippen LogP contribution in [0.2, 0.25) is 0 Å². The summed E-state index contributed by atoms with van der Waals surface area (Å²) in [5.41, 5.74) is 0. The number of benzene rings is 1. The van der Waals surface area contributed by atoms with Crippen LogP contribution in [0.1, 0.15) is 0 Å². The van der Waals surface area contributed by atoms with Crippen LogP contribution in [0.5, 0.6) is 5.75 Å². The van der Waals surface area contributed by atoms with Crippen LogP contribution >= 0.6 is 12.4 Å². The first-order valence-corrected chi connectivity index (χ1v) is 7.66. The Morgan fingerprint density at radius 1 is 1.16 bits per heavy atom. The molecule has 1 aliphatic heterocycles. The van der Waals surface area contributed by atoms with Crippen LogP contribution in [0.15, 0.2) is 30.3 Å². The highest BCUT2D eigenvalue weighted by molar-refractivity contribution is 7.89. The van der Waals surface area contributed by atoms with E-state index in [0.717, 1.165) is 13.1 Å². The quantitative estimate of drug-likeness (QED) is 0.871. The van der Waals surface area contributed by atoms with Crippen LogP contribution in [0.25, 0.3) is 0 Å². The third kappa shape index (κ3) is 4.99. The van der Waals surface area contributed by atoms with Gasteiger partial charge < -0.3 is 10.1 Å². The first-order chi connectivity index (χ1) is 8.68. The van der Waals surface area contributed by atoms with Gasteiger partial charge in [0.15, 0.2) is 0 Å². The summed E-state index contributed by atoms with van der Waals surface area (Å²) in [5.74, 6) is 0.732. The van der Waals surface area contributed by atoms with Crippen molar-refractivity contribution in [2.24, 2.45) is 0 Å². The number of ether oxygens (including phenoxy) is 1. The van der Waals surface area contributed by atoms with Crippen LogP contribution in [0.4, 0.5) is 0 Å². The highest BCUT2D eigenvalue weighted by atomic mass is 35.5. The van der Waals surface area contributed by atoms with E-state index in [9.17, 15) is 8.42 Å². The molecule has 0 spiro atoms. The molecule has 1 aromatic rings. The molecule has 7 heteroatoms. The van der Waals surface area contributed by atoms with E-state index in [2.05, 4.69) is 5.32 Å². The molecule has 108 valence electrons. The first-order valence-electron chi connectivity index (χ1n) is 6.05. The highest BCUT2D eigenvalue weighted by Gasteiger charge is 2.23. The minimum Gasteiger partial charge on any atom is -0.492 e. The summed E-state index contributed by atoms with van der Waals surface area (Å²) < 4.78 is 30.9. The van der Waals surface area contributed by atoms with Gasteiger partial charge in [0.05, 0.1) is 5.75 Å². The lowest BCUT2D eigenvalue weighted by Gasteiger charge is -2.26. The van der Waals surface area contributed by atoms with E-state index >= 15 is 0 Å². The van der Waals surface area contributed by atoms with E-state index in [0.29, 0.717) is 18.8 Å². The van der Waals surface area contributed by atoms with Crippen molar-refractivity contribution in [3.63, 3.8) is 0 Å². The van der Waals surface area contributed by atoms with Crippen molar-refractivity contribution in [2.75, 3.05) is 38.5 Å². The zero-order valence-electron chi connectivity index (χ0n) is 10.6. The summed E-state index contributed by atoms with van der Waals surface area (Å²) >= 11 is 0. The molecule has 1 aromatic carbocycles. The molecular weight excluding hydrogens is 288 g/mol. The third-order valence-corrected chi connectivity index (χ3v) is 4.66. The predicted molar refractivity (Wildman–Crippen MR) is 77.4 cm³/mol. The Morgan fingerprint density at radius 2 is 1.79 bits per heavy atom. The Labute approximate surface area is 120 Å². The summed E-state index contributed by atoms with van der Waals surface area (Å²) in [7, 11) is -3.19. The van der Waals surface area contributed by atoms with Crippen molar-refractivity contribution >= 4 is 22.4 Å². The monoisotopic (exact) mass is 306 g/mol. The second-order valence-corrected chi connectivity index (χ2v) is 6.22. The second kappa shape index (κ2) is 7.69. The standard InChI is InChI=1S/C12H18N2O3S.ClH/c15-18(16,14-8-6-13-7-9-14)11-10-17-12-4-2-1-3-5-12;/h1-5,13H,6-11H2;1H. The normalized spacial score (nSPS) is 16.6. The molecule has 0 saturated carbocycles. The summed E-state index contributed by atoms with van der Waals surface area (Å²) in [6.45, 7) is 2.73. The molecule has 1 aliphatic rings. The van der Waals surface area contributed by atoms with Gasteiger partial charge in [0, 0.05) is 26.2 Å². The lowest BCUT2D eigenvalue weighted by molar-refractivity contribution is 0.326. The molecule has 0 atom stereocenters. The van der Waals surface area contributed by atoms with Gasteiger partial charge in [0.1, 0.15) is 12.4 Å². The third-order valence-electron chi connectivity index (χ3n) is 2.82. The van der Waals surface area contributed by atoms with Crippen LogP contribution in [-0.2, 0) is 10.0 Å². The van der Waals surface area contributed by atoms with Crippen LogP contribution < -0.4 is 10.1 Å². The molecule has 19 heavy (non-hydrogen) atoms. The van der Waals surface area contributed by atoms with Gasteiger partial charge in [-0.05, 0) is 12.1 Å². The SMILES string of the molecule is Cl.O=S(=O)(CCOc1ccccc1)N1CCNCC1. The van der Waals surface area contributed by atoms with Crippen molar-refractivity contribution in [2.45, 2.75) is 0 Å². The van der Waals surface area contributed by atoms with Gasteiger partial charge in [0.25, 0.3) is 0 Å². The Kier molecular flexibility index (Phi) is 6.57. The smallest absolute Gasteiger partial charge is 0.217 e. The van der Waals surface area contributed by atoms with Crippen LogP contribution in [0, 0.1) is 0 Å². The van der Waals surface area contributed by atoms with Gasteiger partial charge in [-0.25, -0.2) is 8.42 Å². The zero-order valence-corrected chi connectivity index (χ0v) is 12.3. The lowest BCUT2D eigenvalue weighted by atomic mass is 10.3. The fraction of sp³-hybridized carbons (Fsp3) is 0.500. The Balaban J connectivity index is 0.00000180. The summed E-state index contributed by atoms with van der Waals surface area (Å²) in [5, 5.41) is 3.13. The minimum absolute atomic E-state index is 0. The summed E-state index contributed by atoms with van der Waals surface area (Å²) in [6, 6.07) is 9.25. The molecule has 0 amide bonds. The number of hydrogen-bond acceptors (Lipinski definition) is 4. The number of nitrogens with zero attached hydrogens (tertiary/aromatic N) is 1. The molecule has 0 aliphatic carbocycles. The maximum Gasteiger partial charge on any atom is 0.217 e. The largest absolute Gasteiger partial charge is 0.492 e. The molecule has 0 bridgehead atoms. The Morgan fingerprint density at radius 3 is 2.42 bits per heavy atom. The average molecular weight is 307 g/mol. The maximum atomic E-state index is 12.0. The van der Waals surface area contributed by atoms with Gasteiger partial charge in [-0.3, -0.25) is 0 Å². The molecule has 0 unspecified atom stereocenters. The zero-order chi connectivity index (χ0) is 12.8. The molecular formula is C12H19ClN2O3S. The van der Waals surface area contributed by atoms with E-state index in [1.165, 1.54) is 4.31 Å². The molecule has 0 aromatic heterocycles. The Bertz CT molecular complexity index is 461. The Hall–Kier alpha value is -0.820. The van der Waals surface area contributed by atoms with E-state index in [4.69, 9.17) is 4.74 Å². The first kappa shape index (κ1) is 16.2. The number of halogens is 1. The number of sulfonamides is 1. The van der Waals surface area contributed by atoms with Crippen molar-refractivity contribution in [1.82, 2.24) is 9.62 Å².